The average Bonchev–Trinajstić information content (AvgIpc) is 3.39. The largest absolute Gasteiger partial charge is 0.497 e. The summed E-state index contributed by atoms with van der Waals surface area (Å²) in [5.74, 6) is 1.35. The van der Waals surface area contributed by atoms with Crippen molar-refractivity contribution in [3.8, 4) is 11.5 Å². The van der Waals surface area contributed by atoms with E-state index in [4.69, 9.17) is 9.47 Å². The summed E-state index contributed by atoms with van der Waals surface area (Å²) in [6.45, 7) is 1.05. The molecule has 7 heteroatoms. The minimum absolute atomic E-state index is 0.00840. The SMILES string of the molecule is COc1ccc(C2CCCN2C(=O)CCNC(=O)c2ccsc2)c(OC)c1. The highest BCUT2D eigenvalue weighted by molar-refractivity contribution is 7.08. The molecule has 6 nitrogen and oxygen atoms in total. The molecule has 1 aliphatic rings. The maximum Gasteiger partial charge on any atom is 0.252 e. The number of methoxy groups -OCH3 is 2. The van der Waals surface area contributed by atoms with Crippen molar-refractivity contribution in [2.24, 2.45) is 0 Å². The molecule has 1 aromatic heterocycles. The fourth-order valence-electron chi connectivity index (χ4n) is 3.40. The highest BCUT2D eigenvalue weighted by atomic mass is 32.1. The van der Waals surface area contributed by atoms with E-state index in [9.17, 15) is 9.59 Å². The van der Waals surface area contributed by atoms with Gasteiger partial charge in [0.1, 0.15) is 11.5 Å². The van der Waals surface area contributed by atoms with Crippen LogP contribution in [0, 0.1) is 0 Å². The van der Waals surface area contributed by atoms with E-state index < -0.39 is 0 Å². The zero-order valence-electron chi connectivity index (χ0n) is 15.6. The molecule has 1 aliphatic heterocycles. The molecule has 1 fully saturated rings. The summed E-state index contributed by atoms with van der Waals surface area (Å²) >= 11 is 1.48. The number of thiophene rings is 1. The Bertz CT molecular complexity index is 791. The minimum Gasteiger partial charge on any atom is -0.497 e. The first kappa shape index (κ1) is 19.2. The van der Waals surface area contributed by atoms with Gasteiger partial charge in [0.05, 0.1) is 20.3 Å². The number of nitrogens with one attached hydrogen (secondary N) is 1. The second-order valence-electron chi connectivity index (χ2n) is 6.37. The van der Waals surface area contributed by atoms with Crippen LogP contribution in [-0.2, 0) is 4.79 Å². The van der Waals surface area contributed by atoms with Crippen LogP contribution >= 0.6 is 11.3 Å². The Morgan fingerprint density at radius 2 is 2.11 bits per heavy atom. The second-order valence-corrected chi connectivity index (χ2v) is 7.15. The lowest BCUT2D eigenvalue weighted by molar-refractivity contribution is -0.132. The lowest BCUT2D eigenvalue weighted by Crippen LogP contribution is -2.34. The fraction of sp³-hybridized carbons (Fsp3) is 0.400. The van der Waals surface area contributed by atoms with Gasteiger partial charge < -0.3 is 19.7 Å². The zero-order chi connectivity index (χ0) is 19.2. The van der Waals surface area contributed by atoms with Crippen LogP contribution in [0.4, 0.5) is 0 Å². The van der Waals surface area contributed by atoms with Crippen molar-refractivity contribution < 1.29 is 19.1 Å². The van der Waals surface area contributed by atoms with Crippen LogP contribution in [0.1, 0.15) is 41.2 Å². The lowest BCUT2D eigenvalue weighted by Gasteiger charge is -2.26. The first-order valence-electron chi connectivity index (χ1n) is 8.96. The molecule has 1 saturated heterocycles. The topological polar surface area (TPSA) is 67.9 Å². The highest BCUT2D eigenvalue weighted by Crippen LogP contribution is 2.38. The molecule has 3 rings (SSSR count). The molecule has 1 atom stereocenters. The van der Waals surface area contributed by atoms with E-state index in [1.165, 1.54) is 11.3 Å². The van der Waals surface area contributed by atoms with Gasteiger partial charge in [-0.2, -0.15) is 11.3 Å². The molecule has 27 heavy (non-hydrogen) atoms. The number of ether oxygens (including phenoxy) is 2. The Labute approximate surface area is 163 Å². The van der Waals surface area contributed by atoms with E-state index in [1.807, 2.05) is 28.5 Å². The van der Waals surface area contributed by atoms with Crippen molar-refractivity contribution in [2.75, 3.05) is 27.3 Å². The van der Waals surface area contributed by atoms with Crippen molar-refractivity contribution in [1.29, 1.82) is 0 Å². The van der Waals surface area contributed by atoms with Gasteiger partial charge in [0.2, 0.25) is 5.91 Å². The number of likely N-dealkylation sites (tertiary alicyclic amines) is 1. The lowest BCUT2D eigenvalue weighted by atomic mass is 10.0. The fourth-order valence-corrected chi connectivity index (χ4v) is 4.04. The van der Waals surface area contributed by atoms with Gasteiger partial charge >= 0.3 is 0 Å². The highest BCUT2D eigenvalue weighted by Gasteiger charge is 2.31. The molecule has 0 aliphatic carbocycles. The summed E-state index contributed by atoms with van der Waals surface area (Å²) in [6, 6.07) is 7.46. The third kappa shape index (κ3) is 4.42. The van der Waals surface area contributed by atoms with Crippen molar-refractivity contribution in [1.82, 2.24) is 10.2 Å². The van der Waals surface area contributed by atoms with E-state index in [0.717, 1.165) is 36.4 Å². The van der Waals surface area contributed by atoms with Crippen LogP contribution in [-0.4, -0.2) is 44.0 Å². The smallest absolute Gasteiger partial charge is 0.252 e. The molecule has 0 radical (unpaired) electrons. The molecule has 0 bridgehead atoms. The van der Waals surface area contributed by atoms with Gasteiger partial charge in [-0.3, -0.25) is 9.59 Å². The summed E-state index contributed by atoms with van der Waals surface area (Å²) in [7, 11) is 3.24. The van der Waals surface area contributed by atoms with Crippen LogP contribution in [0.15, 0.2) is 35.0 Å². The molecule has 0 saturated carbocycles. The summed E-state index contributed by atoms with van der Waals surface area (Å²) in [5, 5.41) is 6.46. The van der Waals surface area contributed by atoms with Gasteiger partial charge in [0.25, 0.3) is 5.91 Å². The number of hydrogen-bond donors (Lipinski definition) is 1. The quantitative estimate of drug-likeness (QED) is 0.791. The first-order valence-corrected chi connectivity index (χ1v) is 9.90. The normalized spacial score (nSPS) is 16.2. The molecule has 2 aromatic rings. The first-order chi connectivity index (χ1) is 13.1. The maximum absolute atomic E-state index is 12.7. The predicted molar refractivity (Wildman–Crippen MR) is 105 cm³/mol. The molecule has 1 N–H and O–H groups in total. The molecular weight excluding hydrogens is 364 g/mol. The predicted octanol–water partition coefficient (Wildman–Crippen LogP) is 3.25. The van der Waals surface area contributed by atoms with Crippen molar-refractivity contribution in [2.45, 2.75) is 25.3 Å². The van der Waals surface area contributed by atoms with E-state index in [-0.39, 0.29) is 24.3 Å². The molecule has 2 amide bonds. The number of amides is 2. The molecular formula is C20H24N2O4S. The van der Waals surface area contributed by atoms with Gasteiger partial charge in [0, 0.05) is 42.1 Å². The zero-order valence-corrected chi connectivity index (χ0v) is 16.4. The number of carbonyl (C=O) groups is 2. The Kier molecular flexibility index (Phi) is 6.34. The second kappa shape index (κ2) is 8.90. The Hall–Kier alpha value is -2.54. The van der Waals surface area contributed by atoms with Crippen LogP contribution in [0.25, 0.3) is 0 Å². The van der Waals surface area contributed by atoms with E-state index >= 15 is 0 Å². The van der Waals surface area contributed by atoms with Gasteiger partial charge in [-0.15, -0.1) is 0 Å². The van der Waals surface area contributed by atoms with Crippen molar-refractivity contribution in [3.63, 3.8) is 0 Å². The van der Waals surface area contributed by atoms with Crippen molar-refractivity contribution in [3.05, 3.63) is 46.2 Å². The van der Waals surface area contributed by atoms with Gasteiger partial charge in [-0.05, 0) is 36.4 Å². The summed E-state index contributed by atoms with van der Waals surface area (Å²) in [6.07, 6.45) is 2.13. The van der Waals surface area contributed by atoms with Crippen molar-refractivity contribution >= 4 is 23.2 Å². The van der Waals surface area contributed by atoms with Crippen LogP contribution in [0.2, 0.25) is 0 Å². The number of nitrogens with zero attached hydrogens (tertiary/aromatic N) is 1. The molecule has 2 heterocycles. The summed E-state index contributed by atoms with van der Waals surface area (Å²) in [5.41, 5.74) is 1.63. The minimum atomic E-state index is -0.140. The molecule has 1 aromatic carbocycles. The number of hydrogen-bond acceptors (Lipinski definition) is 5. The standard InChI is InChI=1S/C20H24N2O4S/c1-25-15-5-6-16(18(12-15)26-2)17-4-3-10-22(17)19(23)7-9-21-20(24)14-8-11-27-13-14/h5-6,8,11-13,17H,3-4,7,9-10H2,1-2H3,(H,21,24). The van der Waals surface area contributed by atoms with Crippen LogP contribution < -0.4 is 14.8 Å². The third-order valence-electron chi connectivity index (χ3n) is 4.78. The molecule has 1 unspecified atom stereocenters. The number of benzene rings is 1. The summed E-state index contributed by atoms with van der Waals surface area (Å²) < 4.78 is 10.8. The van der Waals surface area contributed by atoms with Crippen LogP contribution in [0.3, 0.4) is 0 Å². The molecule has 144 valence electrons. The van der Waals surface area contributed by atoms with Gasteiger partial charge in [-0.1, -0.05) is 0 Å². The van der Waals surface area contributed by atoms with E-state index in [2.05, 4.69) is 5.32 Å². The summed E-state index contributed by atoms with van der Waals surface area (Å²) in [4.78, 5) is 26.6. The Balaban J connectivity index is 1.62. The molecule has 0 spiro atoms. The van der Waals surface area contributed by atoms with Gasteiger partial charge in [0.15, 0.2) is 0 Å². The average molecular weight is 388 g/mol. The number of rotatable bonds is 7. The number of carbonyl (C=O) groups excluding carboxylic acids is 2. The maximum atomic E-state index is 12.7. The Morgan fingerprint density at radius 3 is 2.81 bits per heavy atom. The van der Waals surface area contributed by atoms with E-state index in [0.29, 0.717) is 12.1 Å². The van der Waals surface area contributed by atoms with Crippen LogP contribution in [0.5, 0.6) is 11.5 Å². The Morgan fingerprint density at radius 1 is 1.26 bits per heavy atom. The third-order valence-corrected chi connectivity index (χ3v) is 5.46. The monoisotopic (exact) mass is 388 g/mol. The van der Waals surface area contributed by atoms with E-state index in [1.54, 1.807) is 25.7 Å². The van der Waals surface area contributed by atoms with Gasteiger partial charge in [-0.25, -0.2) is 0 Å².